The Kier molecular flexibility index (Phi) is 10.9. The third-order valence-electron chi connectivity index (χ3n) is 5.78. The Bertz CT molecular complexity index is 1060. The average Bonchev–Trinajstić information content (AvgIpc) is 2.85. The summed E-state index contributed by atoms with van der Waals surface area (Å²) in [6.07, 6.45) is 0.662. The van der Waals surface area contributed by atoms with Crippen LogP contribution >= 0.6 is 23.2 Å². The monoisotopic (exact) mass is 555 g/mol. The molecule has 0 bridgehead atoms. The number of carbonyl (C=O) groups excluding carboxylic acids is 2. The molecule has 2 rings (SSSR count). The first-order chi connectivity index (χ1) is 17.4. The summed E-state index contributed by atoms with van der Waals surface area (Å²) in [5.41, 5.74) is -0.399. The number of hydrogen-bond donors (Lipinski definition) is 0. The van der Waals surface area contributed by atoms with Crippen molar-refractivity contribution in [2.45, 2.75) is 51.4 Å². The van der Waals surface area contributed by atoms with Gasteiger partial charge in [-0.15, -0.1) is 0 Å². The van der Waals surface area contributed by atoms with E-state index in [0.29, 0.717) is 32.9 Å². The van der Waals surface area contributed by atoms with Crippen LogP contribution in [0.4, 0.5) is 4.79 Å². The second-order valence-corrected chi connectivity index (χ2v) is 10.2. The van der Waals surface area contributed by atoms with Crippen molar-refractivity contribution in [3.63, 3.8) is 0 Å². The van der Waals surface area contributed by atoms with Gasteiger partial charge in [-0.3, -0.25) is 4.90 Å². The Hall–Kier alpha value is -2.68. The SMILES string of the molecule is COc1cc(COCC(CCC=O)(c2ccc(Cl)c(Cl)c2)N(C)C(=O)OC(C)(C)C)cc(OC)c1OC. The van der Waals surface area contributed by atoms with Gasteiger partial charge in [0.1, 0.15) is 11.9 Å². The summed E-state index contributed by atoms with van der Waals surface area (Å²) in [7, 11) is 6.21. The molecule has 0 saturated heterocycles. The third kappa shape index (κ3) is 7.66. The van der Waals surface area contributed by atoms with E-state index >= 15 is 0 Å². The predicted molar refractivity (Wildman–Crippen MR) is 143 cm³/mol. The van der Waals surface area contributed by atoms with Gasteiger partial charge in [-0.05, 0) is 62.6 Å². The maximum atomic E-state index is 13.2. The molecule has 10 heteroatoms. The van der Waals surface area contributed by atoms with Crippen molar-refractivity contribution in [2.75, 3.05) is 35.0 Å². The second kappa shape index (κ2) is 13.2. The molecule has 0 saturated carbocycles. The third-order valence-corrected chi connectivity index (χ3v) is 6.52. The van der Waals surface area contributed by atoms with E-state index in [4.69, 9.17) is 46.9 Å². The van der Waals surface area contributed by atoms with Gasteiger partial charge in [-0.1, -0.05) is 29.3 Å². The Balaban J connectivity index is 2.49. The van der Waals surface area contributed by atoms with E-state index < -0.39 is 17.2 Å². The number of rotatable bonds is 12. The molecule has 37 heavy (non-hydrogen) atoms. The first-order valence-corrected chi connectivity index (χ1v) is 12.4. The summed E-state index contributed by atoms with van der Waals surface area (Å²) < 4.78 is 28.1. The molecule has 2 aromatic rings. The number of ether oxygens (including phenoxy) is 5. The number of likely N-dealkylation sites (N-methyl/N-ethyl adjacent to an activating group) is 1. The van der Waals surface area contributed by atoms with Gasteiger partial charge in [0.15, 0.2) is 11.5 Å². The number of benzene rings is 2. The minimum atomic E-state index is -1.09. The van der Waals surface area contributed by atoms with Crippen LogP contribution in [0.5, 0.6) is 17.2 Å². The fourth-order valence-electron chi connectivity index (χ4n) is 3.90. The van der Waals surface area contributed by atoms with Crippen LogP contribution in [-0.2, 0) is 26.4 Å². The highest BCUT2D eigenvalue weighted by atomic mass is 35.5. The van der Waals surface area contributed by atoms with Gasteiger partial charge >= 0.3 is 6.09 Å². The molecule has 204 valence electrons. The Morgan fingerprint density at radius 3 is 2.08 bits per heavy atom. The van der Waals surface area contributed by atoms with E-state index in [1.807, 2.05) is 0 Å². The zero-order valence-corrected chi connectivity index (χ0v) is 23.9. The first-order valence-electron chi connectivity index (χ1n) is 11.6. The molecule has 1 unspecified atom stereocenters. The van der Waals surface area contributed by atoms with Gasteiger partial charge in [0, 0.05) is 13.5 Å². The average molecular weight is 556 g/mol. The van der Waals surface area contributed by atoms with Crippen LogP contribution < -0.4 is 14.2 Å². The quantitative estimate of drug-likeness (QED) is 0.285. The molecule has 0 spiro atoms. The molecule has 1 atom stereocenters. The van der Waals surface area contributed by atoms with Crippen molar-refractivity contribution in [1.82, 2.24) is 4.90 Å². The highest BCUT2D eigenvalue weighted by Crippen LogP contribution is 2.40. The lowest BCUT2D eigenvalue weighted by atomic mass is 9.84. The molecule has 1 amide bonds. The Morgan fingerprint density at radius 2 is 1.59 bits per heavy atom. The van der Waals surface area contributed by atoms with Crippen molar-refractivity contribution in [3.8, 4) is 17.2 Å². The molecule has 0 heterocycles. The summed E-state index contributed by atoms with van der Waals surface area (Å²) in [5, 5.41) is 0.685. The lowest BCUT2D eigenvalue weighted by Gasteiger charge is -2.42. The van der Waals surface area contributed by atoms with Crippen LogP contribution in [0.2, 0.25) is 10.0 Å². The van der Waals surface area contributed by atoms with E-state index in [9.17, 15) is 9.59 Å². The highest BCUT2D eigenvalue weighted by Gasteiger charge is 2.41. The molecule has 0 aliphatic heterocycles. The van der Waals surface area contributed by atoms with Gasteiger partial charge in [-0.2, -0.15) is 0 Å². The molecule has 0 aliphatic rings. The van der Waals surface area contributed by atoms with E-state index in [2.05, 4.69) is 0 Å². The van der Waals surface area contributed by atoms with Crippen molar-refractivity contribution in [2.24, 2.45) is 0 Å². The van der Waals surface area contributed by atoms with Gasteiger partial charge in [0.05, 0.1) is 50.1 Å². The highest BCUT2D eigenvalue weighted by molar-refractivity contribution is 6.42. The number of methoxy groups -OCH3 is 3. The largest absolute Gasteiger partial charge is 0.493 e. The number of aldehydes is 1. The summed E-state index contributed by atoms with van der Waals surface area (Å²) in [6.45, 7) is 5.54. The first kappa shape index (κ1) is 30.5. The predicted octanol–water partition coefficient (Wildman–Crippen LogP) is 6.28. The van der Waals surface area contributed by atoms with Crippen LogP contribution in [-0.4, -0.2) is 57.9 Å². The fourth-order valence-corrected chi connectivity index (χ4v) is 4.20. The maximum Gasteiger partial charge on any atom is 0.410 e. The molecular formula is C27H35Cl2NO7. The van der Waals surface area contributed by atoms with Crippen molar-refractivity contribution >= 4 is 35.6 Å². The summed E-state index contributed by atoms with van der Waals surface area (Å²) >= 11 is 12.5. The minimum Gasteiger partial charge on any atom is -0.493 e. The topological polar surface area (TPSA) is 83.5 Å². The summed E-state index contributed by atoms with van der Waals surface area (Å²) in [6, 6.07) is 8.66. The molecular weight excluding hydrogens is 521 g/mol. The zero-order valence-electron chi connectivity index (χ0n) is 22.4. The molecule has 0 fully saturated rings. The van der Waals surface area contributed by atoms with Gasteiger partial charge < -0.3 is 28.5 Å². The molecule has 0 N–H and O–H groups in total. The molecule has 2 aromatic carbocycles. The number of hydrogen-bond acceptors (Lipinski definition) is 7. The van der Waals surface area contributed by atoms with Crippen molar-refractivity contribution in [3.05, 3.63) is 51.5 Å². The van der Waals surface area contributed by atoms with E-state index in [0.717, 1.165) is 11.8 Å². The van der Waals surface area contributed by atoms with Crippen LogP contribution in [0.15, 0.2) is 30.3 Å². The normalized spacial score (nSPS) is 12.9. The lowest BCUT2D eigenvalue weighted by molar-refractivity contribution is -0.109. The van der Waals surface area contributed by atoms with Crippen LogP contribution in [0.3, 0.4) is 0 Å². The Morgan fingerprint density at radius 1 is 0.973 bits per heavy atom. The van der Waals surface area contributed by atoms with Crippen LogP contribution in [0.1, 0.15) is 44.7 Å². The van der Waals surface area contributed by atoms with E-state index in [1.165, 1.54) is 26.2 Å². The second-order valence-electron chi connectivity index (χ2n) is 9.43. The smallest absolute Gasteiger partial charge is 0.410 e. The van der Waals surface area contributed by atoms with Crippen molar-refractivity contribution in [1.29, 1.82) is 0 Å². The molecule has 8 nitrogen and oxygen atoms in total. The number of amides is 1. The van der Waals surface area contributed by atoms with Gasteiger partial charge in [-0.25, -0.2) is 4.79 Å². The zero-order chi connectivity index (χ0) is 27.8. The number of halogens is 2. The lowest BCUT2D eigenvalue weighted by Crippen LogP contribution is -2.52. The molecule has 0 aromatic heterocycles. The minimum absolute atomic E-state index is 0.0329. The maximum absolute atomic E-state index is 13.2. The Labute approximate surface area is 228 Å². The van der Waals surface area contributed by atoms with Crippen LogP contribution in [0.25, 0.3) is 0 Å². The number of carbonyl (C=O) groups is 2. The summed E-state index contributed by atoms with van der Waals surface area (Å²) in [5.74, 6) is 1.44. The molecule has 0 radical (unpaired) electrons. The van der Waals surface area contributed by atoms with Gasteiger partial charge in [0.25, 0.3) is 0 Å². The van der Waals surface area contributed by atoms with Gasteiger partial charge in [0.2, 0.25) is 5.75 Å². The van der Waals surface area contributed by atoms with Crippen molar-refractivity contribution < 1.29 is 33.3 Å². The number of nitrogens with zero attached hydrogens (tertiary/aromatic N) is 1. The standard InChI is InChI=1S/C27H35Cl2NO7/c1-26(2,3)37-25(32)30(4)27(11-8-12-31,19-9-10-20(28)21(29)15-19)17-36-16-18-13-22(33-5)24(35-7)23(14-18)34-6/h9-10,12-15H,8,11,16-17H2,1-7H3. The molecule has 0 aliphatic carbocycles. The van der Waals surface area contributed by atoms with Crippen LogP contribution in [0, 0.1) is 0 Å². The van der Waals surface area contributed by atoms with E-state index in [1.54, 1.807) is 58.2 Å². The fraction of sp³-hybridized carbons (Fsp3) is 0.481. The van der Waals surface area contributed by atoms with E-state index in [-0.39, 0.29) is 26.1 Å². The summed E-state index contributed by atoms with van der Waals surface area (Å²) in [4.78, 5) is 26.1.